The molecule has 0 aromatic rings. The predicted octanol–water partition coefficient (Wildman–Crippen LogP) is 0.0540. The fourth-order valence-corrected chi connectivity index (χ4v) is 1.01. The van der Waals surface area contributed by atoms with Crippen LogP contribution in [0.15, 0.2) is 5.70 Å². The molecule has 0 saturated carbocycles. The van der Waals surface area contributed by atoms with Crippen molar-refractivity contribution in [1.82, 2.24) is 4.90 Å². The summed E-state index contributed by atoms with van der Waals surface area (Å²) in [5.41, 5.74) is 0.647. The Morgan fingerprint density at radius 2 is 2.60 bits per heavy atom. The van der Waals surface area contributed by atoms with Gasteiger partial charge in [-0.3, -0.25) is 0 Å². The molecule has 1 aliphatic heterocycles. The summed E-state index contributed by atoms with van der Waals surface area (Å²) in [7, 11) is 0. The van der Waals surface area contributed by atoms with Crippen molar-refractivity contribution in [1.29, 1.82) is 0 Å². The van der Waals surface area contributed by atoms with Gasteiger partial charge >= 0.3 is 0 Å². The second-order valence-corrected chi connectivity index (χ2v) is 2.18. The lowest BCUT2D eigenvalue weighted by atomic mass is 10.3. The summed E-state index contributed by atoms with van der Waals surface area (Å²) in [4.78, 5) is 12.2. The fraction of sp³-hybridized carbons (Fsp3) is 0.714. The molecule has 1 saturated heterocycles. The minimum Gasteiger partial charge on any atom is -0.373 e. The zero-order chi connectivity index (χ0) is 7.40. The lowest BCUT2D eigenvalue weighted by molar-refractivity contribution is 0.0774. The van der Waals surface area contributed by atoms with Crippen LogP contribution in [-0.2, 0) is 9.53 Å². The second kappa shape index (κ2) is 3.40. The van der Waals surface area contributed by atoms with Gasteiger partial charge in [0.15, 0.2) is 0 Å². The Bertz CT molecular complexity index is 161. The third kappa shape index (κ3) is 1.38. The molecule has 3 heteroatoms. The van der Waals surface area contributed by atoms with Crippen LogP contribution in [-0.4, -0.2) is 37.1 Å². The highest BCUT2D eigenvalue weighted by molar-refractivity contribution is 5.52. The first kappa shape index (κ1) is 7.32. The van der Waals surface area contributed by atoms with E-state index in [2.05, 4.69) is 0 Å². The third-order valence-electron chi connectivity index (χ3n) is 1.63. The molecule has 0 unspecified atom stereocenters. The highest BCUT2D eigenvalue weighted by atomic mass is 16.5. The molecule has 1 heterocycles. The quantitative estimate of drug-likeness (QED) is 0.483. The van der Waals surface area contributed by atoms with E-state index in [4.69, 9.17) is 4.74 Å². The Kier molecular flexibility index (Phi) is 2.49. The topological polar surface area (TPSA) is 29.5 Å². The normalized spacial score (nSPS) is 18.9. The molecule has 0 atom stereocenters. The van der Waals surface area contributed by atoms with Crippen LogP contribution in [0.25, 0.3) is 0 Å². The minimum atomic E-state index is 0.428. The van der Waals surface area contributed by atoms with Crippen molar-refractivity contribution >= 4 is 5.94 Å². The van der Waals surface area contributed by atoms with E-state index in [1.807, 2.05) is 17.8 Å². The van der Waals surface area contributed by atoms with Gasteiger partial charge in [-0.05, 0) is 6.92 Å². The number of hydrogen-bond donors (Lipinski definition) is 0. The molecule has 0 aromatic carbocycles. The number of ether oxygens (including phenoxy) is 1. The van der Waals surface area contributed by atoms with Crippen LogP contribution in [0.2, 0.25) is 0 Å². The summed E-state index contributed by atoms with van der Waals surface area (Å²) >= 11 is 0. The number of hydrogen-bond acceptors (Lipinski definition) is 3. The molecule has 0 aliphatic carbocycles. The number of likely N-dealkylation sites (N-methyl/N-ethyl adjacent to an activating group) is 1. The van der Waals surface area contributed by atoms with Gasteiger partial charge in [-0.2, -0.15) is 0 Å². The van der Waals surface area contributed by atoms with Crippen molar-refractivity contribution in [3.8, 4) is 0 Å². The molecule has 56 valence electrons. The third-order valence-corrected chi connectivity index (χ3v) is 1.63. The molecule has 0 N–H and O–H groups in total. The van der Waals surface area contributed by atoms with E-state index < -0.39 is 0 Å². The number of morpholine rings is 1. The zero-order valence-corrected chi connectivity index (χ0v) is 6.09. The minimum absolute atomic E-state index is 0.428. The molecule has 0 aromatic heterocycles. The highest BCUT2D eigenvalue weighted by Crippen LogP contribution is 2.05. The molecule has 1 rings (SSSR count). The maximum Gasteiger partial charge on any atom is 0.148 e. The van der Waals surface area contributed by atoms with Gasteiger partial charge in [0.2, 0.25) is 0 Å². The van der Waals surface area contributed by atoms with Crippen molar-refractivity contribution in [3.05, 3.63) is 5.70 Å². The summed E-state index contributed by atoms with van der Waals surface area (Å²) in [6, 6.07) is 0. The Balaban J connectivity index is 2.59. The van der Waals surface area contributed by atoms with E-state index >= 15 is 0 Å². The van der Waals surface area contributed by atoms with E-state index in [0.717, 1.165) is 19.7 Å². The summed E-state index contributed by atoms with van der Waals surface area (Å²) in [5.74, 6) is 1.87. The first-order chi connectivity index (χ1) is 4.88. The van der Waals surface area contributed by atoms with Gasteiger partial charge in [-0.25, -0.2) is 4.79 Å². The number of nitrogens with zero attached hydrogens (tertiary/aromatic N) is 1. The molecule has 1 fully saturated rings. The molecule has 0 spiro atoms. The monoisotopic (exact) mass is 141 g/mol. The van der Waals surface area contributed by atoms with E-state index in [-0.39, 0.29) is 0 Å². The van der Waals surface area contributed by atoms with Gasteiger partial charge in [0.25, 0.3) is 0 Å². The SMILES string of the molecule is CCN1CCOCC1=C=O. The van der Waals surface area contributed by atoms with Crippen molar-refractivity contribution in [2.45, 2.75) is 6.92 Å². The molecule has 10 heavy (non-hydrogen) atoms. The second-order valence-electron chi connectivity index (χ2n) is 2.18. The molecular formula is C7H11NO2. The lowest BCUT2D eigenvalue weighted by Crippen LogP contribution is -2.34. The first-order valence-electron chi connectivity index (χ1n) is 3.45. The summed E-state index contributed by atoms with van der Waals surface area (Å²) < 4.78 is 5.06. The van der Waals surface area contributed by atoms with Gasteiger partial charge in [-0.15, -0.1) is 0 Å². The van der Waals surface area contributed by atoms with Crippen LogP contribution in [0.3, 0.4) is 0 Å². The molecule has 3 nitrogen and oxygen atoms in total. The van der Waals surface area contributed by atoms with Crippen molar-refractivity contribution in [3.63, 3.8) is 0 Å². The van der Waals surface area contributed by atoms with E-state index in [9.17, 15) is 4.79 Å². The van der Waals surface area contributed by atoms with Crippen LogP contribution in [0, 0.1) is 0 Å². The maximum absolute atomic E-state index is 10.2. The molecule has 0 amide bonds. The van der Waals surface area contributed by atoms with Gasteiger partial charge in [0.1, 0.15) is 11.6 Å². The first-order valence-corrected chi connectivity index (χ1v) is 3.45. The van der Waals surface area contributed by atoms with E-state index in [1.54, 1.807) is 0 Å². The fourth-order valence-electron chi connectivity index (χ4n) is 1.01. The van der Waals surface area contributed by atoms with Gasteiger partial charge in [-0.1, -0.05) is 0 Å². The summed E-state index contributed by atoms with van der Waals surface area (Å²) in [5, 5.41) is 0. The predicted molar refractivity (Wildman–Crippen MR) is 37.3 cm³/mol. The largest absolute Gasteiger partial charge is 0.373 e. The molecule has 0 bridgehead atoms. The van der Waals surface area contributed by atoms with Crippen LogP contribution < -0.4 is 0 Å². The van der Waals surface area contributed by atoms with Crippen molar-refractivity contribution in [2.24, 2.45) is 0 Å². The average Bonchev–Trinajstić information content (AvgIpc) is 2.04. The van der Waals surface area contributed by atoms with Crippen LogP contribution in [0.4, 0.5) is 0 Å². The number of carbonyl (C=O) groups excluding carboxylic acids is 1. The molecular weight excluding hydrogens is 130 g/mol. The average molecular weight is 141 g/mol. The summed E-state index contributed by atoms with van der Waals surface area (Å²) in [6.45, 7) is 4.86. The summed E-state index contributed by atoms with van der Waals surface area (Å²) in [6.07, 6.45) is 0. The van der Waals surface area contributed by atoms with Crippen molar-refractivity contribution in [2.75, 3.05) is 26.3 Å². The smallest absolute Gasteiger partial charge is 0.148 e. The number of rotatable bonds is 1. The van der Waals surface area contributed by atoms with Gasteiger partial charge in [0, 0.05) is 13.1 Å². The van der Waals surface area contributed by atoms with Crippen LogP contribution in [0.1, 0.15) is 6.92 Å². The Hall–Kier alpha value is -0.790. The van der Waals surface area contributed by atoms with E-state index in [1.165, 1.54) is 0 Å². The lowest BCUT2D eigenvalue weighted by Gasteiger charge is -2.27. The zero-order valence-electron chi connectivity index (χ0n) is 6.09. The van der Waals surface area contributed by atoms with E-state index in [0.29, 0.717) is 12.3 Å². The molecule has 1 aliphatic rings. The van der Waals surface area contributed by atoms with Crippen molar-refractivity contribution < 1.29 is 9.53 Å². The van der Waals surface area contributed by atoms with Crippen LogP contribution >= 0.6 is 0 Å². The highest BCUT2D eigenvalue weighted by Gasteiger charge is 2.13. The Morgan fingerprint density at radius 3 is 3.10 bits per heavy atom. The Labute approximate surface area is 60.3 Å². The maximum atomic E-state index is 10.2. The molecule has 0 radical (unpaired) electrons. The van der Waals surface area contributed by atoms with Crippen LogP contribution in [0.5, 0.6) is 0 Å². The van der Waals surface area contributed by atoms with Gasteiger partial charge in [0.05, 0.1) is 13.2 Å². The standard InChI is InChI=1S/C7H11NO2/c1-2-8-3-4-10-6-7(8)5-9/h2-4,6H2,1H3. The Morgan fingerprint density at radius 1 is 1.80 bits per heavy atom. The van der Waals surface area contributed by atoms with Gasteiger partial charge < -0.3 is 9.64 Å².